The first-order valence-corrected chi connectivity index (χ1v) is 10.2. The molecule has 2 aromatic carbocycles. The third kappa shape index (κ3) is 4.48. The number of esters is 2. The highest BCUT2D eigenvalue weighted by molar-refractivity contribution is 5.96. The second-order valence-corrected chi connectivity index (χ2v) is 8.02. The molecule has 2 heterocycles. The molecule has 1 aliphatic rings. The predicted molar refractivity (Wildman–Crippen MR) is 121 cm³/mol. The normalized spacial score (nSPS) is 19.2. The number of para-hydroxylation sites is 1. The molecule has 1 N–H and O–H groups in total. The topological polar surface area (TPSA) is 89.0 Å². The molecule has 1 aliphatic heterocycles. The molecular formula is C25H24N2O5. The first-order valence-electron chi connectivity index (χ1n) is 10.2. The zero-order chi connectivity index (χ0) is 22.7. The summed E-state index contributed by atoms with van der Waals surface area (Å²) in [6.07, 6.45) is 1.76. The van der Waals surface area contributed by atoms with Crippen molar-refractivity contribution in [2.24, 2.45) is 0 Å². The lowest BCUT2D eigenvalue weighted by atomic mass is 9.98. The van der Waals surface area contributed by atoms with Gasteiger partial charge in [-0.15, -0.1) is 0 Å². The molecule has 1 aromatic heterocycles. The Bertz CT molecular complexity index is 1190. The van der Waals surface area contributed by atoms with E-state index in [-0.39, 0.29) is 13.0 Å². The maximum atomic E-state index is 12.5. The molecule has 0 amide bonds. The minimum atomic E-state index is -1.31. The molecule has 1 atom stereocenters. The lowest BCUT2D eigenvalue weighted by Crippen LogP contribution is -2.39. The second-order valence-electron chi connectivity index (χ2n) is 8.02. The molecule has 1 unspecified atom stereocenters. The van der Waals surface area contributed by atoms with Gasteiger partial charge in [-0.05, 0) is 42.5 Å². The van der Waals surface area contributed by atoms with E-state index in [1.54, 1.807) is 18.2 Å². The van der Waals surface area contributed by atoms with Crippen LogP contribution in [0.5, 0.6) is 0 Å². The summed E-state index contributed by atoms with van der Waals surface area (Å²) in [7, 11) is 3.82. The Morgan fingerprint density at radius 1 is 1.16 bits per heavy atom. The molecule has 0 saturated carbocycles. The van der Waals surface area contributed by atoms with Gasteiger partial charge < -0.3 is 19.5 Å². The van der Waals surface area contributed by atoms with Crippen LogP contribution in [0.4, 0.5) is 5.69 Å². The summed E-state index contributed by atoms with van der Waals surface area (Å²) in [6, 6.07) is 18.4. The lowest BCUT2D eigenvalue weighted by Gasteiger charge is -2.24. The number of fused-ring (bicyclic) bond motifs is 1. The number of aliphatic hydroxyl groups is 1. The van der Waals surface area contributed by atoms with Crippen LogP contribution in [0.15, 0.2) is 66.2 Å². The van der Waals surface area contributed by atoms with Crippen LogP contribution in [-0.4, -0.2) is 54.9 Å². The number of benzene rings is 2. The fourth-order valence-corrected chi connectivity index (χ4v) is 3.56. The van der Waals surface area contributed by atoms with E-state index in [1.165, 1.54) is 0 Å². The molecule has 0 radical (unpaired) electrons. The Kier molecular flexibility index (Phi) is 5.92. The molecular weight excluding hydrogens is 408 g/mol. The van der Waals surface area contributed by atoms with Gasteiger partial charge in [-0.1, -0.05) is 24.3 Å². The van der Waals surface area contributed by atoms with E-state index in [4.69, 9.17) is 9.47 Å². The number of hydrogen-bond acceptors (Lipinski definition) is 7. The number of cyclic esters (lactones) is 1. The number of aliphatic hydroxyl groups excluding tert-OH is 1. The van der Waals surface area contributed by atoms with Crippen molar-refractivity contribution in [2.45, 2.75) is 12.0 Å². The van der Waals surface area contributed by atoms with E-state index < -0.39 is 24.1 Å². The molecule has 32 heavy (non-hydrogen) atoms. The first-order chi connectivity index (χ1) is 15.4. The van der Waals surface area contributed by atoms with Gasteiger partial charge in [0.15, 0.2) is 5.60 Å². The Balaban J connectivity index is 1.46. The number of ether oxygens (including phenoxy) is 2. The van der Waals surface area contributed by atoms with Crippen LogP contribution in [0.3, 0.4) is 0 Å². The Morgan fingerprint density at radius 3 is 2.62 bits per heavy atom. The van der Waals surface area contributed by atoms with E-state index in [0.717, 1.165) is 16.6 Å². The summed E-state index contributed by atoms with van der Waals surface area (Å²) in [5.74, 6) is -1.10. The fraction of sp³-hybridized carbons (Fsp3) is 0.240. The van der Waals surface area contributed by atoms with Gasteiger partial charge >= 0.3 is 11.9 Å². The molecule has 1 fully saturated rings. The quantitative estimate of drug-likeness (QED) is 0.473. The molecule has 0 aliphatic carbocycles. The Labute approximate surface area is 185 Å². The predicted octanol–water partition coefficient (Wildman–Crippen LogP) is 3.22. The SMILES string of the molecule is CN(C)c1ccc(C(=O)OCC2(CO)C/C(=C/c3ccc4ccccc4n3)C(=O)O2)cc1. The smallest absolute Gasteiger partial charge is 0.338 e. The average molecular weight is 432 g/mol. The van der Waals surface area contributed by atoms with Crippen molar-refractivity contribution in [3.63, 3.8) is 0 Å². The molecule has 1 saturated heterocycles. The molecule has 0 bridgehead atoms. The molecule has 4 rings (SSSR count). The first kappa shape index (κ1) is 21.5. The summed E-state index contributed by atoms with van der Waals surface area (Å²) in [5.41, 5.74) is 1.82. The maximum absolute atomic E-state index is 12.5. The summed E-state index contributed by atoms with van der Waals surface area (Å²) < 4.78 is 10.8. The third-order valence-corrected chi connectivity index (χ3v) is 5.40. The highest BCUT2D eigenvalue weighted by Crippen LogP contribution is 2.32. The van der Waals surface area contributed by atoms with Crippen LogP contribution in [-0.2, 0) is 14.3 Å². The van der Waals surface area contributed by atoms with Gasteiger partial charge in [-0.25, -0.2) is 14.6 Å². The summed E-state index contributed by atoms with van der Waals surface area (Å²) in [6.45, 7) is -0.708. The monoisotopic (exact) mass is 432 g/mol. The number of hydrogen-bond donors (Lipinski definition) is 1. The minimum Gasteiger partial charge on any atom is -0.458 e. The van der Waals surface area contributed by atoms with Gasteiger partial charge in [-0.2, -0.15) is 0 Å². The van der Waals surface area contributed by atoms with E-state index in [9.17, 15) is 14.7 Å². The fourth-order valence-electron chi connectivity index (χ4n) is 3.56. The van der Waals surface area contributed by atoms with E-state index >= 15 is 0 Å². The number of nitrogens with zero attached hydrogens (tertiary/aromatic N) is 2. The van der Waals surface area contributed by atoms with E-state index in [1.807, 2.05) is 67.5 Å². The largest absolute Gasteiger partial charge is 0.458 e. The van der Waals surface area contributed by atoms with Gasteiger partial charge in [0.25, 0.3) is 0 Å². The number of pyridine rings is 1. The molecule has 164 valence electrons. The van der Waals surface area contributed by atoms with Crippen molar-refractivity contribution >= 4 is 34.6 Å². The van der Waals surface area contributed by atoms with Gasteiger partial charge in [0, 0.05) is 37.2 Å². The average Bonchev–Trinajstić information content (AvgIpc) is 3.13. The van der Waals surface area contributed by atoms with Crippen LogP contribution in [0.1, 0.15) is 22.5 Å². The van der Waals surface area contributed by atoms with Crippen molar-refractivity contribution in [2.75, 3.05) is 32.2 Å². The summed E-state index contributed by atoms with van der Waals surface area (Å²) in [5, 5.41) is 10.9. The molecule has 7 nitrogen and oxygen atoms in total. The number of carbonyl (C=O) groups excluding carboxylic acids is 2. The molecule has 0 spiro atoms. The Hall–Kier alpha value is -3.71. The van der Waals surface area contributed by atoms with Crippen molar-refractivity contribution in [1.29, 1.82) is 0 Å². The number of rotatable bonds is 6. The van der Waals surface area contributed by atoms with E-state index in [0.29, 0.717) is 16.8 Å². The highest BCUT2D eigenvalue weighted by Gasteiger charge is 2.44. The second kappa shape index (κ2) is 8.80. The van der Waals surface area contributed by atoms with Crippen LogP contribution in [0, 0.1) is 0 Å². The van der Waals surface area contributed by atoms with Crippen LogP contribution in [0.25, 0.3) is 17.0 Å². The van der Waals surface area contributed by atoms with Crippen molar-refractivity contribution in [1.82, 2.24) is 4.98 Å². The van der Waals surface area contributed by atoms with Gasteiger partial charge in [0.2, 0.25) is 0 Å². The van der Waals surface area contributed by atoms with Crippen LogP contribution in [0.2, 0.25) is 0 Å². The van der Waals surface area contributed by atoms with Crippen molar-refractivity contribution in [3.05, 3.63) is 77.5 Å². The van der Waals surface area contributed by atoms with Gasteiger partial charge in [-0.3, -0.25) is 0 Å². The third-order valence-electron chi connectivity index (χ3n) is 5.40. The summed E-state index contributed by atoms with van der Waals surface area (Å²) >= 11 is 0. The number of anilines is 1. The summed E-state index contributed by atoms with van der Waals surface area (Å²) in [4.78, 5) is 31.4. The standard InChI is InChI=1S/C25H24N2O5/c1-27(2)21-11-8-18(9-12-21)23(29)31-16-25(15-28)14-19(24(30)32-25)13-20-10-7-17-5-3-4-6-22(17)26-20/h3-13,28H,14-16H2,1-2H3/b19-13-. The van der Waals surface area contributed by atoms with Crippen molar-refractivity contribution in [3.8, 4) is 0 Å². The Morgan fingerprint density at radius 2 is 1.91 bits per heavy atom. The molecule has 3 aromatic rings. The van der Waals surface area contributed by atoms with Gasteiger partial charge in [0.05, 0.1) is 23.4 Å². The number of aromatic nitrogens is 1. The van der Waals surface area contributed by atoms with Crippen molar-refractivity contribution < 1.29 is 24.2 Å². The van der Waals surface area contributed by atoms with Crippen LogP contribution < -0.4 is 4.90 Å². The lowest BCUT2D eigenvalue weighted by molar-refractivity contribution is -0.154. The van der Waals surface area contributed by atoms with Crippen LogP contribution >= 0.6 is 0 Å². The highest BCUT2D eigenvalue weighted by atomic mass is 16.6. The number of carbonyl (C=O) groups is 2. The zero-order valence-electron chi connectivity index (χ0n) is 17.9. The zero-order valence-corrected chi connectivity index (χ0v) is 17.9. The minimum absolute atomic E-state index is 0.115. The maximum Gasteiger partial charge on any atom is 0.338 e. The molecule has 7 heteroatoms. The van der Waals surface area contributed by atoms with Gasteiger partial charge in [0.1, 0.15) is 6.61 Å². The van der Waals surface area contributed by atoms with E-state index in [2.05, 4.69) is 4.98 Å².